The molecule has 32 heavy (non-hydrogen) atoms. The molecule has 5 rings (SSSR count). The summed E-state index contributed by atoms with van der Waals surface area (Å²) in [5, 5.41) is 1.80. The summed E-state index contributed by atoms with van der Waals surface area (Å²) in [4.78, 5) is 2.68. The Labute approximate surface area is 194 Å². The van der Waals surface area contributed by atoms with Crippen molar-refractivity contribution in [2.45, 2.75) is 31.3 Å². The fourth-order valence-corrected chi connectivity index (χ4v) is 9.76. The minimum Gasteiger partial charge on any atom is -0.497 e. The van der Waals surface area contributed by atoms with Gasteiger partial charge in [0.15, 0.2) is 7.14 Å². The first-order valence-electron chi connectivity index (χ1n) is 11.2. The maximum Gasteiger partial charge on any atom is 0.155 e. The van der Waals surface area contributed by atoms with Crippen molar-refractivity contribution in [3.05, 3.63) is 112 Å². The lowest BCUT2D eigenvalue weighted by atomic mass is 9.98. The van der Waals surface area contributed by atoms with Gasteiger partial charge in [-0.05, 0) is 55.0 Å². The third-order valence-electron chi connectivity index (χ3n) is 6.36. The highest BCUT2D eigenvalue weighted by molar-refractivity contribution is 7.79. The van der Waals surface area contributed by atoms with Crippen LogP contribution in [0.1, 0.15) is 39.4 Å². The number of fused-ring (bicyclic) bond motifs is 1. The standard InChI is InChI=1S/C28H27O2PS/c1-30-23-18-16-21(17-19-23)28(27-20-22-10-8-9-15-26(22)32-27)31(29,24-11-4-2-5-12-24)25-13-6-3-7-14-25/h2-7,11-14,16-20,28H,8-10,15H2,1H3. The molecule has 1 aliphatic rings. The molecule has 0 saturated carbocycles. The molecule has 162 valence electrons. The normalized spacial score (nSPS) is 14.5. The van der Waals surface area contributed by atoms with Crippen molar-refractivity contribution in [1.29, 1.82) is 0 Å². The highest BCUT2D eigenvalue weighted by Gasteiger charge is 2.40. The Morgan fingerprint density at radius 2 is 1.41 bits per heavy atom. The smallest absolute Gasteiger partial charge is 0.155 e. The van der Waals surface area contributed by atoms with Gasteiger partial charge < -0.3 is 9.30 Å². The van der Waals surface area contributed by atoms with Gasteiger partial charge >= 0.3 is 0 Å². The van der Waals surface area contributed by atoms with E-state index in [1.807, 2.05) is 84.1 Å². The molecule has 3 aromatic carbocycles. The largest absolute Gasteiger partial charge is 0.497 e. The SMILES string of the molecule is COc1ccc(C(c2cc3c(s2)CCCC3)P(=O)(c2ccccc2)c2ccccc2)cc1. The summed E-state index contributed by atoms with van der Waals surface area (Å²) >= 11 is 1.86. The first-order valence-corrected chi connectivity index (χ1v) is 13.8. The van der Waals surface area contributed by atoms with Crippen LogP contribution in [0, 0.1) is 0 Å². The molecule has 1 atom stereocenters. The molecule has 0 aliphatic heterocycles. The van der Waals surface area contributed by atoms with E-state index >= 15 is 4.57 Å². The summed E-state index contributed by atoms with van der Waals surface area (Å²) < 4.78 is 20.8. The quantitative estimate of drug-likeness (QED) is 0.299. The minimum absolute atomic E-state index is 0.228. The zero-order valence-electron chi connectivity index (χ0n) is 18.2. The van der Waals surface area contributed by atoms with Gasteiger partial charge in [-0.1, -0.05) is 72.8 Å². The zero-order valence-corrected chi connectivity index (χ0v) is 19.9. The van der Waals surface area contributed by atoms with E-state index in [4.69, 9.17) is 4.74 Å². The van der Waals surface area contributed by atoms with Gasteiger partial charge in [0.2, 0.25) is 0 Å². The number of methoxy groups -OCH3 is 1. The van der Waals surface area contributed by atoms with Crippen LogP contribution in [0.4, 0.5) is 0 Å². The van der Waals surface area contributed by atoms with E-state index in [1.165, 1.54) is 28.2 Å². The molecule has 0 radical (unpaired) electrons. The van der Waals surface area contributed by atoms with Gasteiger partial charge in [0.1, 0.15) is 5.75 Å². The van der Waals surface area contributed by atoms with Gasteiger partial charge in [0.25, 0.3) is 0 Å². The molecule has 0 spiro atoms. The second-order valence-corrected chi connectivity index (χ2v) is 12.3. The number of aryl methyl sites for hydroxylation is 2. The van der Waals surface area contributed by atoms with Crippen LogP contribution >= 0.6 is 18.5 Å². The fourth-order valence-electron chi connectivity index (χ4n) is 4.73. The topological polar surface area (TPSA) is 26.3 Å². The van der Waals surface area contributed by atoms with Gasteiger partial charge in [-0.3, -0.25) is 0 Å². The maximum absolute atomic E-state index is 15.4. The van der Waals surface area contributed by atoms with Gasteiger partial charge in [0.05, 0.1) is 12.8 Å². The van der Waals surface area contributed by atoms with E-state index < -0.39 is 7.14 Å². The van der Waals surface area contributed by atoms with Crippen LogP contribution in [0.25, 0.3) is 0 Å². The number of benzene rings is 3. The molecule has 0 N–H and O–H groups in total. The van der Waals surface area contributed by atoms with E-state index in [1.54, 1.807) is 7.11 Å². The molecule has 1 aromatic heterocycles. The number of rotatable bonds is 6. The maximum atomic E-state index is 15.4. The molecule has 0 bridgehead atoms. The first kappa shape index (κ1) is 21.2. The lowest BCUT2D eigenvalue weighted by molar-refractivity contribution is 0.414. The van der Waals surface area contributed by atoms with E-state index in [0.717, 1.165) is 34.8 Å². The van der Waals surface area contributed by atoms with Gasteiger partial charge in [-0.25, -0.2) is 0 Å². The Morgan fingerprint density at radius 1 is 0.812 bits per heavy atom. The second-order valence-electron chi connectivity index (χ2n) is 8.31. The minimum atomic E-state index is -3.04. The van der Waals surface area contributed by atoms with Crippen LogP contribution in [0.2, 0.25) is 0 Å². The zero-order chi connectivity index (χ0) is 22.0. The Balaban J connectivity index is 1.76. The van der Waals surface area contributed by atoms with Crippen LogP contribution in [-0.4, -0.2) is 7.11 Å². The third kappa shape index (κ3) is 3.85. The molecule has 4 heteroatoms. The molecule has 1 unspecified atom stereocenters. The number of ether oxygens (including phenoxy) is 1. The molecule has 0 amide bonds. The average Bonchev–Trinajstić information content (AvgIpc) is 3.29. The Morgan fingerprint density at radius 3 is 1.97 bits per heavy atom. The summed E-state index contributed by atoms with van der Waals surface area (Å²) in [5.74, 6) is 0.812. The van der Waals surface area contributed by atoms with Crippen molar-refractivity contribution in [3.63, 3.8) is 0 Å². The third-order valence-corrected chi connectivity index (χ3v) is 11.3. The number of hydrogen-bond donors (Lipinski definition) is 0. The summed E-state index contributed by atoms with van der Waals surface area (Å²) in [5.41, 5.74) is 2.29. The molecule has 1 aliphatic carbocycles. The summed E-state index contributed by atoms with van der Waals surface area (Å²) in [6.45, 7) is 0. The van der Waals surface area contributed by atoms with Crippen LogP contribution in [-0.2, 0) is 17.4 Å². The highest BCUT2D eigenvalue weighted by Crippen LogP contribution is 2.61. The fraction of sp³-hybridized carbons (Fsp3) is 0.214. The van der Waals surface area contributed by atoms with Crippen molar-refractivity contribution in [3.8, 4) is 5.75 Å². The molecular weight excluding hydrogens is 431 g/mol. The van der Waals surface area contributed by atoms with Crippen molar-refractivity contribution in [2.75, 3.05) is 7.11 Å². The van der Waals surface area contributed by atoms with E-state index in [9.17, 15) is 0 Å². The molecule has 0 fully saturated rings. The van der Waals surface area contributed by atoms with Crippen LogP contribution < -0.4 is 15.3 Å². The van der Waals surface area contributed by atoms with Gasteiger partial charge in [-0.15, -0.1) is 11.3 Å². The summed E-state index contributed by atoms with van der Waals surface area (Å²) in [7, 11) is -1.36. The van der Waals surface area contributed by atoms with Crippen LogP contribution in [0.5, 0.6) is 5.75 Å². The molecular formula is C28H27O2PS. The van der Waals surface area contributed by atoms with Crippen LogP contribution in [0.3, 0.4) is 0 Å². The second kappa shape index (κ2) is 9.10. The van der Waals surface area contributed by atoms with E-state index in [2.05, 4.69) is 18.2 Å². The van der Waals surface area contributed by atoms with Crippen molar-refractivity contribution in [1.82, 2.24) is 0 Å². The lowest BCUT2D eigenvalue weighted by Gasteiger charge is -2.29. The first-order chi connectivity index (χ1) is 15.7. The lowest BCUT2D eigenvalue weighted by Crippen LogP contribution is -2.21. The van der Waals surface area contributed by atoms with E-state index in [-0.39, 0.29) is 5.66 Å². The van der Waals surface area contributed by atoms with Crippen LogP contribution in [0.15, 0.2) is 91.0 Å². The number of thiophene rings is 1. The van der Waals surface area contributed by atoms with Gasteiger partial charge in [0, 0.05) is 20.4 Å². The van der Waals surface area contributed by atoms with Gasteiger partial charge in [-0.2, -0.15) is 0 Å². The highest BCUT2D eigenvalue weighted by atomic mass is 32.1. The van der Waals surface area contributed by atoms with Crippen molar-refractivity contribution >= 4 is 29.1 Å². The molecule has 1 heterocycles. The van der Waals surface area contributed by atoms with Crippen molar-refractivity contribution in [2.24, 2.45) is 0 Å². The summed E-state index contributed by atoms with van der Waals surface area (Å²) in [6, 6.07) is 30.5. The summed E-state index contributed by atoms with van der Waals surface area (Å²) in [6.07, 6.45) is 4.75. The molecule has 2 nitrogen and oxygen atoms in total. The average molecular weight is 459 g/mol. The number of hydrogen-bond acceptors (Lipinski definition) is 3. The predicted octanol–water partition coefficient (Wildman–Crippen LogP) is 6.74. The predicted molar refractivity (Wildman–Crippen MR) is 136 cm³/mol. The Bertz CT molecular complexity index is 1160. The Hall–Kier alpha value is -2.61. The monoisotopic (exact) mass is 458 g/mol. The molecule has 4 aromatic rings. The van der Waals surface area contributed by atoms with Crippen molar-refractivity contribution < 1.29 is 9.30 Å². The molecule has 0 saturated heterocycles. The Kier molecular flexibility index (Phi) is 6.04. The van der Waals surface area contributed by atoms with E-state index in [0.29, 0.717) is 0 Å².